The largest absolute Gasteiger partial charge is 0.465 e. The number of hydrogen-bond acceptors (Lipinski definition) is 11. The molecule has 0 aromatic carbocycles. The number of aryl methyl sites for hydroxylation is 2. The monoisotopic (exact) mass is 484 g/mol. The third-order valence-corrected chi connectivity index (χ3v) is 7.70. The van der Waals surface area contributed by atoms with Crippen LogP contribution in [0.25, 0.3) is 10.2 Å². The lowest BCUT2D eigenvalue weighted by Gasteiger charge is -2.14. The second kappa shape index (κ2) is 11.1. The molecule has 0 fully saturated rings. The zero-order valence-corrected chi connectivity index (χ0v) is 20.6. The molecule has 0 aliphatic rings. The fraction of sp³-hybridized carbons (Fsp3) is 0.500. The lowest BCUT2D eigenvalue weighted by atomic mass is 10.2. The predicted molar refractivity (Wildman–Crippen MR) is 121 cm³/mol. The van der Waals surface area contributed by atoms with Gasteiger partial charge in [-0.15, -0.1) is 11.3 Å². The molecule has 0 saturated carbocycles. The molecule has 2 aromatic rings. The lowest BCUT2D eigenvalue weighted by molar-refractivity contribution is -0.145. The van der Waals surface area contributed by atoms with E-state index in [9.17, 15) is 19.2 Å². The van der Waals surface area contributed by atoms with E-state index in [1.807, 2.05) is 13.8 Å². The molecule has 2 aromatic heterocycles. The molecule has 0 amide bonds. The summed E-state index contributed by atoms with van der Waals surface area (Å²) in [5.41, 5.74) is 0.943. The molecule has 2 rings (SSSR count). The standard InChI is InChI=1S/C20H24N2O6S3/c1-7-27-18(25)14(10(4)23)30-17-13-9(3)12(6)29-16(13)21-20(22-17)31-15(11(5)24)19(26)28-8-2/h14-15H,7-8H2,1-6H3/t14-,15+/m1/s1. The van der Waals surface area contributed by atoms with Crippen LogP contribution in [0.3, 0.4) is 0 Å². The Kier molecular flexibility index (Phi) is 9.01. The Labute approximate surface area is 192 Å². The van der Waals surface area contributed by atoms with Gasteiger partial charge in [0.1, 0.15) is 9.86 Å². The normalized spacial score (nSPS) is 13.0. The van der Waals surface area contributed by atoms with E-state index in [4.69, 9.17) is 9.47 Å². The number of esters is 2. The second-order valence-electron chi connectivity index (χ2n) is 6.50. The summed E-state index contributed by atoms with van der Waals surface area (Å²) in [5.74, 6) is -2.04. The van der Waals surface area contributed by atoms with Crippen LogP contribution in [0.4, 0.5) is 0 Å². The van der Waals surface area contributed by atoms with Crippen molar-refractivity contribution in [1.29, 1.82) is 0 Å². The number of thioether (sulfide) groups is 2. The van der Waals surface area contributed by atoms with E-state index in [1.165, 1.54) is 25.2 Å². The third-order valence-electron chi connectivity index (χ3n) is 4.17. The number of aromatic nitrogens is 2. The Hall–Kier alpha value is -1.98. The predicted octanol–water partition coefficient (Wildman–Crippen LogP) is 3.53. The van der Waals surface area contributed by atoms with Gasteiger partial charge in [-0.3, -0.25) is 19.2 Å². The highest BCUT2D eigenvalue weighted by Gasteiger charge is 2.31. The van der Waals surface area contributed by atoms with Crippen LogP contribution in [0.5, 0.6) is 0 Å². The van der Waals surface area contributed by atoms with Gasteiger partial charge >= 0.3 is 11.9 Å². The van der Waals surface area contributed by atoms with Crippen molar-refractivity contribution in [2.24, 2.45) is 0 Å². The Bertz CT molecular complexity index is 1020. The average Bonchev–Trinajstić information content (AvgIpc) is 2.97. The van der Waals surface area contributed by atoms with Crippen LogP contribution >= 0.6 is 34.9 Å². The summed E-state index contributed by atoms with van der Waals surface area (Å²) in [6, 6.07) is 0. The first-order valence-corrected chi connectivity index (χ1v) is 12.1. The summed E-state index contributed by atoms with van der Waals surface area (Å²) in [5, 5.41) is -0.831. The summed E-state index contributed by atoms with van der Waals surface area (Å²) in [6.07, 6.45) is 0. The minimum absolute atomic E-state index is 0.146. The number of fused-ring (bicyclic) bond motifs is 1. The maximum absolute atomic E-state index is 12.3. The van der Waals surface area contributed by atoms with Crippen LogP contribution in [0.15, 0.2) is 10.2 Å². The molecule has 0 aliphatic heterocycles. The van der Waals surface area contributed by atoms with Crippen molar-refractivity contribution in [3.63, 3.8) is 0 Å². The number of hydrogen-bond donors (Lipinski definition) is 0. The van der Waals surface area contributed by atoms with Crippen LogP contribution in [-0.4, -0.2) is 57.2 Å². The highest BCUT2D eigenvalue weighted by molar-refractivity contribution is 8.02. The molecule has 0 N–H and O–H groups in total. The molecule has 168 valence electrons. The SMILES string of the molecule is CCOC(=O)[C@H](Sc1nc(S[C@@H](C(C)=O)C(=O)OCC)nc2sc(C)c(C)c12)C(C)=O. The number of carbonyl (C=O) groups excluding carboxylic acids is 4. The smallest absolute Gasteiger partial charge is 0.327 e. The van der Waals surface area contributed by atoms with Crippen LogP contribution in [0, 0.1) is 13.8 Å². The van der Waals surface area contributed by atoms with Crippen molar-refractivity contribution < 1.29 is 28.7 Å². The summed E-state index contributed by atoms with van der Waals surface area (Å²) in [7, 11) is 0. The van der Waals surface area contributed by atoms with Crippen molar-refractivity contribution in [2.75, 3.05) is 13.2 Å². The first kappa shape index (κ1) is 25.3. The number of rotatable bonds is 10. The zero-order chi connectivity index (χ0) is 23.3. The van der Waals surface area contributed by atoms with Gasteiger partial charge in [0.2, 0.25) is 0 Å². The summed E-state index contributed by atoms with van der Waals surface area (Å²) < 4.78 is 10.0. The molecule has 31 heavy (non-hydrogen) atoms. The summed E-state index contributed by atoms with van der Waals surface area (Å²) in [4.78, 5) is 59.3. The minimum atomic E-state index is -1.11. The van der Waals surface area contributed by atoms with E-state index in [0.717, 1.165) is 39.4 Å². The number of Topliss-reactive ketones (excluding diaryl/α,β-unsaturated/α-hetero) is 2. The van der Waals surface area contributed by atoms with Crippen LogP contribution in [-0.2, 0) is 28.7 Å². The van der Waals surface area contributed by atoms with Crippen LogP contribution in [0.1, 0.15) is 38.1 Å². The molecule has 0 bridgehead atoms. The molecule has 0 spiro atoms. The van der Waals surface area contributed by atoms with Gasteiger partial charge in [-0.2, -0.15) is 0 Å². The molecule has 0 unspecified atom stereocenters. The minimum Gasteiger partial charge on any atom is -0.465 e. The van der Waals surface area contributed by atoms with Gasteiger partial charge in [-0.25, -0.2) is 9.97 Å². The fourth-order valence-corrected chi connectivity index (χ4v) is 5.68. The molecule has 2 atom stereocenters. The molecule has 0 radical (unpaired) electrons. The van der Waals surface area contributed by atoms with Crippen LogP contribution in [0.2, 0.25) is 0 Å². The van der Waals surface area contributed by atoms with Gasteiger partial charge in [-0.1, -0.05) is 23.5 Å². The quantitative estimate of drug-likeness (QED) is 0.163. The Balaban J connectivity index is 2.54. The Morgan fingerprint density at radius 1 is 0.903 bits per heavy atom. The molecule has 0 saturated heterocycles. The first-order chi connectivity index (χ1) is 14.6. The van der Waals surface area contributed by atoms with E-state index in [-0.39, 0.29) is 29.9 Å². The fourth-order valence-electron chi connectivity index (χ4n) is 2.58. The van der Waals surface area contributed by atoms with Gasteiger partial charge in [-0.05, 0) is 47.1 Å². The van der Waals surface area contributed by atoms with Crippen molar-refractivity contribution in [2.45, 2.75) is 62.2 Å². The molecule has 11 heteroatoms. The number of ketones is 2. The van der Waals surface area contributed by atoms with E-state index in [1.54, 1.807) is 13.8 Å². The topological polar surface area (TPSA) is 113 Å². The molecular formula is C20H24N2O6S3. The Morgan fingerprint density at radius 3 is 1.90 bits per heavy atom. The van der Waals surface area contributed by atoms with Crippen molar-refractivity contribution in [1.82, 2.24) is 9.97 Å². The molecular weight excluding hydrogens is 460 g/mol. The van der Waals surface area contributed by atoms with E-state index in [0.29, 0.717) is 9.86 Å². The molecule has 8 nitrogen and oxygen atoms in total. The van der Waals surface area contributed by atoms with Gasteiger partial charge < -0.3 is 9.47 Å². The summed E-state index contributed by atoms with van der Waals surface area (Å²) in [6.45, 7) is 10.1. The third kappa shape index (κ3) is 6.05. The van der Waals surface area contributed by atoms with Crippen LogP contribution < -0.4 is 0 Å². The molecule has 0 aliphatic carbocycles. The van der Waals surface area contributed by atoms with Crippen molar-refractivity contribution in [3.05, 3.63) is 10.4 Å². The van der Waals surface area contributed by atoms with Gasteiger partial charge in [0.15, 0.2) is 27.2 Å². The maximum atomic E-state index is 12.3. The van der Waals surface area contributed by atoms with Gasteiger partial charge in [0.25, 0.3) is 0 Å². The second-order valence-corrected chi connectivity index (χ2v) is 9.87. The molecule has 2 heterocycles. The van der Waals surface area contributed by atoms with E-state index >= 15 is 0 Å². The maximum Gasteiger partial charge on any atom is 0.327 e. The number of nitrogens with zero attached hydrogens (tertiary/aromatic N) is 2. The zero-order valence-electron chi connectivity index (χ0n) is 18.1. The highest BCUT2D eigenvalue weighted by atomic mass is 32.2. The number of thiophene rings is 1. The average molecular weight is 485 g/mol. The van der Waals surface area contributed by atoms with Crippen molar-refractivity contribution >= 4 is 68.6 Å². The first-order valence-electron chi connectivity index (χ1n) is 9.55. The Morgan fingerprint density at radius 2 is 1.42 bits per heavy atom. The number of carbonyl (C=O) groups is 4. The summed E-state index contributed by atoms with van der Waals surface area (Å²) >= 11 is 3.31. The number of ether oxygens (including phenoxy) is 2. The van der Waals surface area contributed by atoms with Gasteiger partial charge in [0, 0.05) is 10.3 Å². The van der Waals surface area contributed by atoms with E-state index < -0.39 is 22.4 Å². The van der Waals surface area contributed by atoms with Crippen molar-refractivity contribution in [3.8, 4) is 0 Å². The van der Waals surface area contributed by atoms with Gasteiger partial charge in [0.05, 0.1) is 13.2 Å². The highest BCUT2D eigenvalue weighted by Crippen LogP contribution is 2.39. The lowest BCUT2D eigenvalue weighted by Crippen LogP contribution is -2.28. The van der Waals surface area contributed by atoms with E-state index in [2.05, 4.69) is 9.97 Å².